The lowest BCUT2D eigenvalue weighted by Gasteiger charge is -2.26. The first-order valence-corrected chi connectivity index (χ1v) is 6.22. The van der Waals surface area contributed by atoms with Gasteiger partial charge in [-0.2, -0.15) is 4.99 Å². The first kappa shape index (κ1) is 13.0. The van der Waals surface area contributed by atoms with Crippen LogP contribution in [-0.4, -0.2) is 22.3 Å². The fourth-order valence-corrected chi connectivity index (χ4v) is 2.47. The zero-order chi connectivity index (χ0) is 15.0. The quantitative estimate of drug-likeness (QED) is 0.791. The lowest BCUT2D eigenvalue weighted by molar-refractivity contribution is -0.644. The highest BCUT2D eigenvalue weighted by atomic mass is 16.2. The number of hydrogen-bond donors (Lipinski definition) is 2. The van der Waals surface area contributed by atoms with E-state index < -0.39 is 16.4 Å². The summed E-state index contributed by atoms with van der Waals surface area (Å²) in [5, 5.41) is 0. The second kappa shape index (κ2) is 4.53. The Kier molecular flexibility index (Phi) is 2.81. The molecule has 103 valence electrons. The maximum atomic E-state index is 12.0. The van der Waals surface area contributed by atoms with Gasteiger partial charge in [-0.25, -0.2) is 4.79 Å². The summed E-state index contributed by atoms with van der Waals surface area (Å²) in [4.78, 5) is 28.3. The molecule has 3 amide bonds. The smallest absolute Gasteiger partial charge is 0.361 e. The Morgan fingerprint density at radius 3 is 2.48 bits per heavy atom. The molecule has 4 N–H and O–H groups in total. The minimum absolute atomic E-state index is 0.0395. The van der Waals surface area contributed by atoms with Gasteiger partial charge in [0.05, 0.1) is 0 Å². The van der Waals surface area contributed by atoms with Crippen molar-refractivity contribution in [2.75, 3.05) is 0 Å². The van der Waals surface area contributed by atoms with Crippen LogP contribution < -0.4 is 11.5 Å². The molecule has 21 heavy (non-hydrogen) atoms. The molecule has 2 heterocycles. The number of nitrogens with zero attached hydrogens (tertiary/aromatic N) is 2. The fraction of sp³-hybridized carbons (Fsp3) is 0. The van der Waals surface area contributed by atoms with Gasteiger partial charge >= 0.3 is 11.9 Å². The van der Waals surface area contributed by atoms with Crippen LogP contribution in [0.1, 0.15) is 5.56 Å². The number of aliphatic imine (C=N–C) groups is 1. The molecule has 0 aliphatic carbocycles. The summed E-state index contributed by atoms with van der Waals surface area (Å²) >= 11 is 0. The first-order valence-electron chi connectivity index (χ1n) is 6.22. The first-order chi connectivity index (χ1) is 10.1. The molecule has 0 fully saturated rings. The molecular weight excluding hydrogens is 268 g/mol. The number of amidine groups is 1. The van der Waals surface area contributed by atoms with Crippen molar-refractivity contribution in [2.45, 2.75) is 0 Å². The van der Waals surface area contributed by atoms with E-state index in [1.54, 1.807) is 12.1 Å². The van der Waals surface area contributed by atoms with Crippen LogP contribution in [0, 0.1) is 6.08 Å². The molecule has 2 aliphatic heterocycles. The predicted octanol–water partition coefficient (Wildman–Crippen LogP) is 1.03. The SMILES string of the molecule is NC(=O)C1=C(c2ccccc2)N=C2C=[C]C=C[N+]21C(N)=O. The summed E-state index contributed by atoms with van der Waals surface area (Å²) in [6, 6.07) is 8.29. The van der Waals surface area contributed by atoms with E-state index in [1.807, 2.05) is 18.2 Å². The Labute approximate surface area is 121 Å². The van der Waals surface area contributed by atoms with E-state index in [0.717, 1.165) is 0 Å². The number of fused-ring (bicyclic) bond motifs is 1. The van der Waals surface area contributed by atoms with Crippen molar-refractivity contribution < 1.29 is 14.1 Å². The van der Waals surface area contributed by atoms with E-state index >= 15 is 0 Å². The third-order valence-electron chi connectivity index (χ3n) is 3.40. The molecule has 1 atom stereocenters. The fourth-order valence-electron chi connectivity index (χ4n) is 2.47. The van der Waals surface area contributed by atoms with Crippen molar-refractivity contribution >= 4 is 23.5 Å². The number of primary amides is 2. The largest absolute Gasteiger partial charge is 0.430 e. The van der Waals surface area contributed by atoms with Gasteiger partial charge < -0.3 is 11.5 Å². The van der Waals surface area contributed by atoms with Crippen LogP contribution in [0.5, 0.6) is 0 Å². The lowest BCUT2D eigenvalue weighted by Crippen LogP contribution is -2.55. The molecule has 0 spiro atoms. The van der Waals surface area contributed by atoms with Gasteiger partial charge in [0, 0.05) is 17.7 Å². The summed E-state index contributed by atoms with van der Waals surface area (Å²) in [6.07, 6.45) is 7.32. The Morgan fingerprint density at radius 1 is 1.14 bits per heavy atom. The van der Waals surface area contributed by atoms with Crippen LogP contribution in [-0.2, 0) is 4.79 Å². The van der Waals surface area contributed by atoms with Gasteiger partial charge in [-0.15, -0.1) is 4.48 Å². The average Bonchev–Trinajstić information content (AvgIpc) is 2.84. The maximum absolute atomic E-state index is 12.0. The number of nitrogens with two attached hydrogens (primary N) is 2. The normalized spacial score (nSPS) is 23.0. The van der Waals surface area contributed by atoms with Crippen LogP contribution in [0.3, 0.4) is 0 Å². The highest BCUT2D eigenvalue weighted by molar-refractivity contribution is 6.12. The van der Waals surface area contributed by atoms with Gasteiger partial charge in [-0.05, 0) is 6.08 Å². The van der Waals surface area contributed by atoms with Gasteiger partial charge in [0.1, 0.15) is 11.9 Å². The van der Waals surface area contributed by atoms with Gasteiger partial charge in [-0.1, -0.05) is 30.3 Å². The highest BCUT2D eigenvalue weighted by Crippen LogP contribution is 2.37. The van der Waals surface area contributed by atoms with E-state index in [4.69, 9.17) is 11.5 Å². The number of quaternary nitrogens is 1. The van der Waals surface area contributed by atoms with E-state index in [2.05, 4.69) is 11.1 Å². The third-order valence-corrected chi connectivity index (χ3v) is 3.40. The van der Waals surface area contributed by atoms with E-state index in [1.165, 1.54) is 18.4 Å². The number of urea groups is 1. The second-order valence-corrected chi connectivity index (χ2v) is 4.59. The second-order valence-electron chi connectivity index (χ2n) is 4.59. The van der Waals surface area contributed by atoms with Crippen molar-refractivity contribution in [3.63, 3.8) is 0 Å². The molecule has 1 aromatic carbocycles. The monoisotopic (exact) mass is 280 g/mol. The molecule has 0 saturated heterocycles. The Hall–Kier alpha value is -2.99. The van der Waals surface area contributed by atoms with Crippen molar-refractivity contribution in [3.8, 4) is 0 Å². The molecule has 0 saturated carbocycles. The molecule has 1 radical (unpaired) electrons. The molecule has 1 unspecified atom stereocenters. The predicted molar refractivity (Wildman–Crippen MR) is 76.8 cm³/mol. The van der Waals surface area contributed by atoms with Crippen LogP contribution in [0.2, 0.25) is 0 Å². The topological polar surface area (TPSA) is 98.5 Å². The Morgan fingerprint density at radius 2 is 1.86 bits per heavy atom. The lowest BCUT2D eigenvalue weighted by atomic mass is 10.1. The zero-order valence-corrected chi connectivity index (χ0v) is 11.0. The van der Waals surface area contributed by atoms with Gasteiger partial charge in [0.2, 0.25) is 11.5 Å². The highest BCUT2D eigenvalue weighted by Gasteiger charge is 2.52. The standard InChI is InChI=1S/C15H11N4O2/c16-14(20)13-12(10-6-2-1-3-7-10)18-11-8-4-5-9-19(11,13)15(17)21/h1-3,5-9H,(H3-,16,17,20,21)/p+1. The van der Waals surface area contributed by atoms with Gasteiger partial charge in [-0.3, -0.25) is 4.79 Å². The van der Waals surface area contributed by atoms with Crippen molar-refractivity contribution in [3.05, 3.63) is 66.0 Å². The summed E-state index contributed by atoms with van der Waals surface area (Å²) < 4.78 is -0.605. The van der Waals surface area contributed by atoms with E-state index in [0.29, 0.717) is 17.1 Å². The van der Waals surface area contributed by atoms with Crippen LogP contribution in [0.25, 0.3) is 5.70 Å². The summed E-state index contributed by atoms with van der Waals surface area (Å²) in [5.41, 5.74) is 12.1. The number of carbonyl (C=O) groups excluding carboxylic acids is 2. The molecule has 6 nitrogen and oxygen atoms in total. The summed E-state index contributed by atoms with van der Waals surface area (Å²) in [7, 11) is 0. The molecular formula is C15H12N4O2+. The van der Waals surface area contributed by atoms with Crippen molar-refractivity contribution in [1.29, 1.82) is 0 Å². The molecule has 1 aromatic rings. The average molecular weight is 280 g/mol. The number of benzene rings is 1. The molecule has 0 bridgehead atoms. The van der Waals surface area contributed by atoms with Gasteiger partial charge in [0.25, 0.3) is 0 Å². The van der Waals surface area contributed by atoms with E-state index in [9.17, 15) is 9.59 Å². The Bertz CT molecular complexity index is 759. The number of amides is 3. The maximum Gasteiger partial charge on any atom is 0.430 e. The Balaban J connectivity index is 2.32. The molecule has 6 heteroatoms. The number of carbonyl (C=O) groups is 2. The molecule has 3 rings (SSSR count). The van der Waals surface area contributed by atoms with Crippen LogP contribution in [0.4, 0.5) is 4.79 Å². The van der Waals surface area contributed by atoms with E-state index in [-0.39, 0.29) is 5.70 Å². The van der Waals surface area contributed by atoms with Gasteiger partial charge in [0.15, 0.2) is 0 Å². The summed E-state index contributed by atoms with van der Waals surface area (Å²) in [5.74, 6) is -0.441. The minimum atomic E-state index is -0.748. The van der Waals surface area contributed by atoms with Crippen LogP contribution >= 0.6 is 0 Å². The zero-order valence-electron chi connectivity index (χ0n) is 11.0. The third kappa shape index (κ3) is 1.73. The summed E-state index contributed by atoms with van der Waals surface area (Å²) in [6.45, 7) is 0. The number of hydrogen-bond acceptors (Lipinski definition) is 3. The molecule has 0 aromatic heterocycles. The number of rotatable bonds is 2. The van der Waals surface area contributed by atoms with Crippen molar-refractivity contribution in [1.82, 2.24) is 0 Å². The van der Waals surface area contributed by atoms with Crippen LogP contribution in [0.15, 0.2) is 59.4 Å². The minimum Gasteiger partial charge on any atom is -0.361 e. The molecule has 2 aliphatic rings. The van der Waals surface area contributed by atoms with Crippen molar-refractivity contribution in [2.24, 2.45) is 16.5 Å². The number of allylic oxidation sites excluding steroid dienone is 2.